The number of hydrogen-bond acceptors (Lipinski definition) is 4. The molecular formula is C17H26BrN3O3S. The minimum absolute atomic E-state index is 0.0308. The number of benzene rings is 1. The number of piperidine rings is 1. The highest BCUT2D eigenvalue weighted by atomic mass is 79.9. The lowest BCUT2D eigenvalue weighted by molar-refractivity contribution is 0.0264. The molecule has 1 N–H and O–H groups in total. The predicted octanol–water partition coefficient (Wildman–Crippen LogP) is 2.30. The largest absolute Gasteiger partial charge is 0.378 e. The van der Waals surface area contributed by atoms with E-state index in [1.165, 1.54) is 0 Å². The number of sulfone groups is 1. The Labute approximate surface area is 158 Å². The Morgan fingerprint density at radius 3 is 2.52 bits per heavy atom. The molecule has 8 heteroatoms. The van der Waals surface area contributed by atoms with Crippen molar-refractivity contribution >= 4 is 31.7 Å². The highest BCUT2D eigenvalue weighted by molar-refractivity contribution is 9.10. The van der Waals surface area contributed by atoms with Crippen LogP contribution in [0.5, 0.6) is 0 Å². The van der Waals surface area contributed by atoms with Crippen LogP contribution in [0.3, 0.4) is 0 Å². The van der Waals surface area contributed by atoms with Crippen molar-refractivity contribution in [3.05, 3.63) is 28.7 Å². The SMILES string of the molecule is CCOC1CCN(C(=NC)NCCS(=O)(=O)c2ccc(Br)cc2)CC1. The number of nitrogens with zero attached hydrogens (tertiary/aromatic N) is 2. The summed E-state index contributed by atoms with van der Waals surface area (Å²) in [4.78, 5) is 6.77. The van der Waals surface area contributed by atoms with Gasteiger partial charge in [-0.2, -0.15) is 0 Å². The van der Waals surface area contributed by atoms with Gasteiger partial charge in [0.05, 0.1) is 16.8 Å². The molecule has 1 saturated heterocycles. The summed E-state index contributed by atoms with van der Waals surface area (Å²) < 4.78 is 31.3. The molecule has 1 aromatic carbocycles. The van der Waals surface area contributed by atoms with E-state index in [9.17, 15) is 8.42 Å². The van der Waals surface area contributed by atoms with Crippen LogP contribution in [-0.2, 0) is 14.6 Å². The standard InChI is InChI=1S/C17H26BrN3O3S/c1-3-24-15-8-11-21(12-9-15)17(19-2)20-10-13-25(22,23)16-6-4-14(18)5-7-16/h4-7,15H,3,8-13H2,1-2H3,(H,19,20). The average Bonchev–Trinajstić information content (AvgIpc) is 2.60. The molecule has 0 bridgehead atoms. The van der Waals surface area contributed by atoms with Gasteiger partial charge >= 0.3 is 0 Å². The maximum absolute atomic E-state index is 12.4. The van der Waals surface area contributed by atoms with Crippen LogP contribution in [0, 0.1) is 0 Å². The van der Waals surface area contributed by atoms with Gasteiger partial charge in [-0.05, 0) is 44.0 Å². The van der Waals surface area contributed by atoms with E-state index in [1.807, 2.05) is 6.92 Å². The number of aliphatic imine (C=N–C) groups is 1. The summed E-state index contributed by atoms with van der Waals surface area (Å²) in [6.45, 7) is 4.81. The van der Waals surface area contributed by atoms with E-state index < -0.39 is 9.84 Å². The summed E-state index contributed by atoms with van der Waals surface area (Å²) in [5.41, 5.74) is 0. The Kier molecular flexibility index (Phi) is 7.71. The minimum Gasteiger partial charge on any atom is -0.378 e. The first-order chi connectivity index (χ1) is 12.0. The number of nitrogens with one attached hydrogen (secondary N) is 1. The lowest BCUT2D eigenvalue weighted by atomic mass is 10.1. The Balaban J connectivity index is 1.84. The molecule has 0 spiro atoms. The maximum atomic E-state index is 12.4. The molecule has 0 unspecified atom stereocenters. The van der Waals surface area contributed by atoms with Crippen molar-refractivity contribution in [3.63, 3.8) is 0 Å². The first-order valence-electron chi connectivity index (χ1n) is 8.51. The van der Waals surface area contributed by atoms with Gasteiger partial charge < -0.3 is 15.0 Å². The molecule has 0 amide bonds. The minimum atomic E-state index is -3.30. The predicted molar refractivity (Wildman–Crippen MR) is 104 cm³/mol. The highest BCUT2D eigenvalue weighted by Crippen LogP contribution is 2.16. The number of hydrogen-bond donors (Lipinski definition) is 1. The van der Waals surface area contributed by atoms with E-state index in [-0.39, 0.29) is 5.75 Å². The molecule has 0 aliphatic carbocycles. The van der Waals surface area contributed by atoms with Gasteiger partial charge in [0.2, 0.25) is 0 Å². The zero-order chi connectivity index (χ0) is 18.3. The summed E-state index contributed by atoms with van der Waals surface area (Å²) in [6, 6.07) is 6.71. The zero-order valence-corrected chi connectivity index (χ0v) is 17.1. The van der Waals surface area contributed by atoms with Gasteiger partial charge in [0.15, 0.2) is 15.8 Å². The Morgan fingerprint density at radius 2 is 1.96 bits per heavy atom. The van der Waals surface area contributed by atoms with Crippen molar-refractivity contribution in [2.45, 2.75) is 30.8 Å². The Bertz CT molecular complexity index is 669. The first-order valence-corrected chi connectivity index (χ1v) is 11.0. The van der Waals surface area contributed by atoms with Crippen molar-refractivity contribution in [3.8, 4) is 0 Å². The van der Waals surface area contributed by atoms with Crippen LogP contribution in [0.1, 0.15) is 19.8 Å². The second-order valence-electron chi connectivity index (χ2n) is 5.89. The molecule has 25 heavy (non-hydrogen) atoms. The van der Waals surface area contributed by atoms with E-state index in [0.717, 1.165) is 43.0 Å². The molecular weight excluding hydrogens is 406 g/mol. The highest BCUT2D eigenvalue weighted by Gasteiger charge is 2.22. The van der Waals surface area contributed by atoms with E-state index in [1.54, 1.807) is 31.3 Å². The normalized spacial score (nSPS) is 16.9. The molecule has 1 heterocycles. The zero-order valence-electron chi connectivity index (χ0n) is 14.7. The van der Waals surface area contributed by atoms with Crippen molar-refractivity contribution in [1.29, 1.82) is 0 Å². The third-order valence-electron chi connectivity index (χ3n) is 4.18. The van der Waals surface area contributed by atoms with Gasteiger partial charge in [0, 0.05) is 37.8 Å². The number of likely N-dealkylation sites (tertiary alicyclic amines) is 1. The van der Waals surface area contributed by atoms with Crippen molar-refractivity contribution in [2.75, 3.05) is 39.0 Å². The molecule has 6 nitrogen and oxygen atoms in total. The van der Waals surface area contributed by atoms with Crippen LogP contribution in [0.15, 0.2) is 38.6 Å². The van der Waals surface area contributed by atoms with Crippen molar-refractivity contribution in [1.82, 2.24) is 10.2 Å². The summed E-state index contributed by atoms with van der Waals surface area (Å²) in [5.74, 6) is 0.782. The fourth-order valence-corrected chi connectivity index (χ4v) is 4.28. The van der Waals surface area contributed by atoms with Gasteiger partial charge in [-0.1, -0.05) is 15.9 Å². The van der Waals surface area contributed by atoms with E-state index in [2.05, 4.69) is 31.1 Å². The third kappa shape index (κ3) is 5.97. The van der Waals surface area contributed by atoms with Crippen LogP contribution in [0.4, 0.5) is 0 Å². The summed E-state index contributed by atoms with van der Waals surface area (Å²) in [7, 11) is -1.58. The Morgan fingerprint density at radius 1 is 1.32 bits per heavy atom. The second-order valence-corrected chi connectivity index (χ2v) is 8.91. The smallest absolute Gasteiger partial charge is 0.193 e. The number of ether oxygens (including phenoxy) is 1. The molecule has 1 aromatic rings. The van der Waals surface area contributed by atoms with Crippen LogP contribution >= 0.6 is 15.9 Å². The molecule has 0 saturated carbocycles. The fraction of sp³-hybridized carbons (Fsp3) is 0.588. The van der Waals surface area contributed by atoms with Crippen molar-refractivity contribution in [2.24, 2.45) is 4.99 Å². The van der Waals surface area contributed by atoms with Crippen molar-refractivity contribution < 1.29 is 13.2 Å². The van der Waals surface area contributed by atoms with Gasteiger partial charge in [0.25, 0.3) is 0 Å². The number of halogens is 1. The quantitative estimate of drug-likeness (QED) is 0.552. The molecule has 0 radical (unpaired) electrons. The summed E-state index contributed by atoms with van der Waals surface area (Å²) >= 11 is 3.31. The third-order valence-corrected chi connectivity index (χ3v) is 6.44. The molecule has 0 atom stereocenters. The molecule has 140 valence electrons. The first kappa shape index (κ1) is 20.2. The Hall–Kier alpha value is -1.12. The van der Waals surface area contributed by atoms with Gasteiger partial charge in [0.1, 0.15) is 0 Å². The van der Waals surface area contributed by atoms with Crippen LogP contribution in [-0.4, -0.2) is 64.4 Å². The molecule has 0 aromatic heterocycles. The van der Waals surface area contributed by atoms with E-state index >= 15 is 0 Å². The summed E-state index contributed by atoms with van der Waals surface area (Å²) in [5, 5.41) is 3.17. The number of rotatable bonds is 6. The monoisotopic (exact) mass is 431 g/mol. The molecule has 1 aliphatic heterocycles. The lowest BCUT2D eigenvalue weighted by Crippen LogP contribution is -2.47. The molecule has 2 rings (SSSR count). The van der Waals surface area contributed by atoms with E-state index in [0.29, 0.717) is 17.5 Å². The maximum Gasteiger partial charge on any atom is 0.193 e. The lowest BCUT2D eigenvalue weighted by Gasteiger charge is -2.34. The average molecular weight is 432 g/mol. The molecule has 1 aliphatic rings. The van der Waals surface area contributed by atoms with Gasteiger partial charge in [-0.3, -0.25) is 4.99 Å². The summed E-state index contributed by atoms with van der Waals surface area (Å²) in [6.07, 6.45) is 2.24. The van der Waals surface area contributed by atoms with Crippen LogP contribution in [0.2, 0.25) is 0 Å². The van der Waals surface area contributed by atoms with Gasteiger partial charge in [-0.25, -0.2) is 8.42 Å². The molecule has 1 fully saturated rings. The van der Waals surface area contributed by atoms with Crippen LogP contribution < -0.4 is 5.32 Å². The van der Waals surface area contributed by atoms with E-state index in [4.69, 9.17) is 4.74 Å². The fourth-order valence-electron chi connectivity index (χ4n) is 2.86. The number of guanidine groups is 1. The topological polar surface area (TPSA) is 71.0 Å². The second kappa shape index (κ2) is 9.54. The van der Waals surface area contributed by atoms with Gasteiger partial charge in [-0.15, -0.1) is 0 Å². The van der Waals surface area contributed by atoms with Crippen LogP contribution in [0.25, 0.3) is 0 Å².